The topological polar surface area (TPSA) is 41.4 Å². The molecule has 0 saturated carbocycles. The van der Waals surface area contributed by atoms with Crippen molar-refractivity contribution in [2.24, 2.45) is 0 Å². The SMILES string of the molecule is Cc1ccccc1NC(=S)Nc1ncc2ccccn12. The summed E-state index contributed by atoms with van der Waals surface area (Å²) in [5.41, 5.74) is 3.16. The van der Waals surface area contributed by atoms with Crippen LogP contribution in [0, 0.1) is 6.92 Å². The van der Waals surface area contributed by atoms with E-state index in [1.807, 2.05) is 60.0 Å². The second-order valence-electron chi connectivity index (χ2n) is 4.47. The zero-order valence-electron chi connectivity index (χ0n) is 11.0. The molecule has 0 unspecified atom stereocenters. The first kappa shape index (κ1) is 12.6. The van der Waals surface area contributed by atoms with Gasteiger partial charge in [0.15, 0.2) is 5.11 Å². The number of aromatic nitrogens is 2. The molecule has 3 aromatic rings. The number of hydrogen-bond acceptors (Lipinski definition) is 2. The summed E-state index contributed by atoms with van der Waals surface area (Å²) >= 11 is 5.33. The zero-order valence-corrected chi connectivity index (χ0v) is 11.8. The fraction of sp³-hybridized carbons (Fsp3) is 0.0667. The number of nitrogens with zero attached hydrogens (tertiary/aromatic N) is 2. The van der Waals surface area contributed by atoms with Gasteiger partial charge in [-0.05, 0) is 42.9 Å². The van der Waals surface area contributed by atoms with Crippen LogP contribution in [-0.2, 0) is 0 Å². The van der Waals surface area contributed by atoms with Crippen molar-refractivity contribution in [2.45, 2.75) is 6.92 Å². The van der Waals surface area contributed by atoms with Crippen molar-refractivity contribution in [1.82, 2.24) is 9.38 Å². The predicted molar refractivity (Wildman–Crippen MR) is 86.2 cm³/mol. The third-order valence-electron chi connectivity index (χ3n) is 3.06. The largest absolute Gasteiger partial charge is 0.332 e. The van der Waals surface area contributed by atoms with Crippen molar-refractivity contribution in [2.75, 3.05) is 10.6 Å². The molecule has 1 aromatic carbocycles. The lowest BCUT2D eigenvalue weighted by Gasteiger charge is -2.11. The summed E-state index contributed by atoms with van der Waals surface area (Å²) in [4.78, 5) is 4.32. The molecule has 0 aliphatic heterocycles. The van der Waals surface area contributed by atoms with Gasteiger partial charge < -0.3 is 10.6 Å². The summed E-state index contributed by atoms with van der Waals surface area (Å²) in [6.45, 7) is 2.04. The molecular formula is C15H14N4S. The molecule has 20 heavy (non-hydrogen) atoms. The molecular weight excluding hydrogens is 268 g/mol. The van der Waals surface area contributed by atoms with Gasteiger partial charge in [-0.3, -0.25) is 4.40 Å². The monoisotopic (exact) mass is 282 g/mol. The average Bonchev–Trinajstić information content (AvgIpc) is 2.85. The normalized spacial score (nSPS) is 10.4. The van der Waals surface area contributed by atoms with Crippen LogP contribution in [0.1, 0.15) is 5.56 Å². The maximum absolute atomic E-state index is 5.33. The Labute approximate surface area is 122 Å². The second kappa shape index (κ2) is 5.30. The molecule has 2 aromatic heterocycles. The number of aryl methyl sites for hydroxylation is 1. The molecule has 100 valence electrons. The van der Waals surface area contributed by atoms with E-state index in [-0.39, 0.29) is 0 Å². The average molecular weight is 282 g/mol. The highest BCUT2D eigenvalue weighted by Crippen LogP contribution is 2.15. The molecule has 3 rings (SSSR count). The number of anilines is 2. The van der Waals surface area contributed by atoms with Gasteiger partial charge in [0.05, 0.1) is 11.7 Å². The molecule has 2 heterocycles. The van der Waals surface area contributed by atoms with Crippen molar-refractivity contribution >= 4 is 34.5 Å². The Hall–Kier alpha value is -2.40. The number of thiocarbonyl (C=S) groups is 1. The number of nitrogens with one attached hydrogen (secondary N) is 2. The van der Waals surface area contributed by atoms with E-state index in [0.29, 0.717) is 11.1 Å². The fourth-order valence-electron chi connectivity index (χ4n) is 2.00. The van der Waals surface area contributed by atoms with Gasteiger partial charge >= 0.3 is 0 Å². The van der Waals surface area contributed by atoms with Gasteiger partial charge in [-0.25, -0.2) is 4.98 Å². The molecule has 2 N–H and O–H groups in total. The van der Waals surface area contributed by atoms with Crippen LogP contribution in [0.15, 0.2) is 54.9 Å². The van der Waals surface area contributed by atoms with Crippen molar-refractivity contribution < 1.29 is 0 Å². The molecule has 0 fully saturated rings. The molecule has 0 aliphatic carbocycles. The Morgan fingerprint density at radius 2 is 1.90 bits per heavy atom. The summed E-state index contributed by atoms with van der Waals surface area (Å²) in [5.74, 6) is 0.701. The Morgan fingerprint density at radius 3 is 2.75 bits per heavy atom. The molecule has 5 heteroatoms. The van der Waals surface area contributed by atoms with Crippen molar-refractivity contribution in [1.29, 1.82) is 0 Å². The third-order valence-corrected chi connectivity index (χ3v) is 3.26. The first-order valence-corrected chi connectivity index (χ1v) is 6.70. The smallest absolute Gasteiger partial charge is 0.213 e. The van der Waals surface area contributed by atoms with Crippen LogP contribution in [0.25, 0.3) is 5.52 Å². The lowest BCUT2D eigenvalue weighted by molar-refractivity contribution is 1.16. The molecule has 0 saturated heterocycles. The molecule has 0 radical (unpaired) electrons. The van der Waals surface area contributed by atoms with Crippen LogP contribution in [-0.4, -0.2) is 14.5 Å². The fourth-order valence-corrected chi connectivity index (χ4v) is 2.21. The highest BCUT2D eigenvalue weighted by atomic mass is 32.1. The van der Waals surface area contributed by atoms with Crippen LogP contribution < -0.4 is 10.6 Å². The Kier molecular flexibility index (Phi) is 3.35. The molecule has 0 atom stereocenters. The van der Waals surface area contributed by atoms with Crippen LogP contribution in [0.5, 0.6) is 0 Å². The zero-order chi connectivity index (χ0) is 13.9. The van der Waals surface area contributed by atoms with E-state index in [4.69, 9.17) is 12.2 Å². The first-order valence-electron chi connectivity index (χ1n) is 6.30. The minimum absolute atomic E-state index is 0.524. The van der Waals surface area contributed by atoms with E-state index in [9.17, 15) is 0 Å². The summed E-state index contributed by atoms with van der Waals surface area (Å²) < 4.78 is 1.95. The van der Waals surface area contributed by atoms with E-state index >= 15 is 0 Å². The van der Waals surface area contributed by atoms with Gasteiger partial charge in [0.25, 0.3) is 0 Å². The molecule has 0 spiro atoms. The van der Waals surface area contributed by atoms with Gasteiger partial charge in [-0.15, -0.1) is 0 Å². The molecule has 0 amide bonds. The van der Waals surface area contributed by atoms with E-state index in [0.717, 1.165) is 16.8 Å². The van der Waals surface area contributed by atoms with Gasteiger partial charge in [0.1, 0.15) is 0 Å². The lowest BCUT2D eigenvalue weighted by atomic mass is 10.2. The van der Waals surface area contributed by atoms with Crippen LogP contribution in [0.3, 0.4) is 0 Å². The first-order chi connectivity index (χ1) is 9.74. The summed E-state index contributed by atoms with van der Waals surface area (Å²) in [7, 11) is 0. The quantitative estimate of drug-likeness (QED) is 0.706. The maximum atomic E-state index is 5.33. The van der Waals surface area contributed by atoms with Crippen LogP contribution in [0.4, 0.5) is 11.6 Å². The number of pyridine rings is 1. The minimum Gasteiger partial charge on any atom is -0.332 e. The number of imidazole rings is 1. The molecule has 0 bridgehead atoms. The van der Waals surface area contributed by atoms with Gasteiger partial charge in [0.2, 0.25) is 5.95 Å². The number of fused-ring (bicyclic) bond motifs is 1. The Balaban J connectivity index is 1.78. The van der Waals surface area contributed by atoms with Gasteiger partial charge in [-0.1, -0.05) is 24.3 Å². The lowest BCUT2D eigenvalue weighted by Crippen LogP contribution is -2.21. The minimum atomic E-state index is 0.524. The Morgan fingerprint density at radius 1 is 1.10 bits per heavy atom. The number of rotatable bonds is 2. The van der Waals surface area contributed by atoms with Crippen LogP contribution >= 0.6 is 12.2 Å². The predicted octanol–water partition coefficient (Wildman–Crippen LogP) is 3.45. The second-order valence-corrected chi connectivity index (χ2v) is 4.88. The highest BCUT2D eigenvalue weighted by Gasteiger charge is 2.05. The van der Waals surface area contributed by atoms with Crippen LogP contribution in [0.2, 0.25) is 0 Å². The van der Waals surface area contributed by atoms with E-state index in [1.165, 1.54) is 0 Å². The van der Waals surface area contributed by atoms with Gasteiger partial charge in [-0.2, -0.15) is 0 Å². The van der Waals surface area contributed by atoms with E-state index in [1.54, 1.807) is 6.20 Å². The van der Waals surface area contributed by atoms with E-state index in [2.05, 4.69) is 15.6 Å². The Bertz CT molecular complexity index is 763. The maximum Gasteiger partial charge on any atom is 0.213 e. The number of hydrogen-bond donors (Lipinski definition) is 2. The summed E-state index contributed by atoms with van der Waals surface area (Å²) in [6.07, 6.45) is 3.75. The summed E-state index contributed by atoms with van der Waals surface area (Å²) in [5, 5.41) is 6.82. The summed E-state index contributed by atoms with van der Waals surface area (Å²) in [6, 6.07) is 13.9. The number of para-hydroxylation sites is 1. The standard InChI is InChI=1S/C15H14N4S/c1-11-6-2-3-8-13(11)17-15(20)18-14-16-10-12-7-4-5-9-19(12)14/h2-10H,1H3,(H2,16,17,18,20). The number of benzene rings is 1. The molecule has 0 aliphatic rings. The van der Waals surface area contributed by atoms with Crippen molar-refractivity contribution in [3.05, 3.63) is 60.4 Å². The molecule has 4 nitrogen and oxygen atoms in total. The van der Waals surface area contributed by atoms with E-state index < -0.39 is 0 Å². The highest BCUT2D eigenvalue weighted by molar-refractivity contribution is 7.80. The van der Waals surface area contributed by atoms with Gasteiger partial charge in [0, 0.05) is 11.9 Å². The van der Waals surface area contributed by atoms with Crippen molar-refractivity contribution in [3.63, 3.8) is 0 Å². The third kappa shape index (κ3) is 2.48. The van der Waals surface area contributed by atoms with Crippen molar-refractivity contribution in [3.8, 4) is 0 Å².